The summed E-state index contributed by atoms with van der Waals surface area (Å²) < 4.78 is 14.1. The molecular formula is C11H10BrFO3. The summed E-state index contributed by atoms with van der Waals surface area (Å²) in [5, 5.41) is 18.4. The fourth-order valence-corrected chi connectivity index (χ4v) is 2.33. The Labute approximate surface area is 100 Å². The Balaban J connectivity index is 2.48. The van der Waals surface area contributed by atoms with Crippen molar-refractivity contribution in [3.8, 4) is 5.75 Å². The van der Waals surface area contributed by atoms with Crippen LogP contribution in [0.4, 0.5) is 4.39 Å². The van der Waals surface area contributed by atoms with Crippen molar-refractivity contribution in [3.05, 3.63) is 28.0 Å². The second kappa shape index (κ2) is 3.73. The Hall–Kier alpha value is -1.10. The minimum Gasteiger partial charge on any atom is -0.508 e. The zero-order valence-electron chi connectivity index (χ0n) is 8.33. The summed E-state index contributed by atoms with van der Waals surface area (Å²) in [6.07, 6.45) is 1.05. The second-order valence-electron chi connectivity index (χ2n) is 4.11. The van der Waals surface area contributed by atoms with E-state index in [-0.39, 0.29) is 22.2 Å². The van der Waals surface area contributed by atoms with Gasteiger partial charge in [-0.1, -0.05) is 0 Å². The molecule has 0 atom stereocenters. The molecule has 2 rings (SSSR count). The molecule has 0 aromatic heterocycles. The molecule has 0 radical (unpaired) electrons. The van der Waals surface area contributed by atoms with Gasteiger partial charge < -0.3 is 10.2 Å². The number of carbonyl (C=O) groups is 1. The van der Waals surface area contributed by atoms with Crippen molar-refractivity contribution in [1.29, 1.82) is 0 Å². The monoisotopic (exact) mass is 288 g/mol. The molecule has 0 bridgehead atoms. The molecule has 1 aliphatic rings. The smallest absolute Gasteiger partial charge is 0.304 e. The maximum absolute atomic E-state index is 13.8. The summed E-state index contributed by atoms with van der Waals surface area (Å²) in [6, 6.07) is 2.79. The molecule has 1 aliphatic carbocycles. The number of phenols is 1. The predicted octanol–water partition coefficient (Wildman–Crippen LogP) is 2.80. The molecule has 2 N–H and O–H groups in total. The van der Waals surface area contributed by atoms with Gasteiger partial charge in [0.15, 0.2) is 0 Å². The predicted molar refractivity (Wildman–Crippen MR) is 58.9 cm³/mol. The van der Waals surface area contributed by atoms with Crippen LogP contribution in [0.5, 0.6) is 5.75 Å². The van der Waals surface area contributed by atoms with E-state index in [1.165, 1.54) is 12.1 Å². The highest BCUT2D eigenvalue weighted by Gasteiger charge is 2.49. The molecule has 0 amide bonds. The number of hydrogen-bond donors (Lipinski definition) is 2. The van der Waals surface area contributed by atoms with Crippen molar-refractivity contribution in [1.82, 2.24) is 0 Å². The van der Waals surface area contributed by atoms with Gasteiger partial charge in [-0.15, -0.1) is 0 Å². The third-order valence-corrected chi connectivity index (χ3v) is 3.56. The molecule has 3 nitrogen and oxygen atoms in total. The average molecular weight is 289 g/mol. The molecule has 0 saturated heterocycles. The first-order chi connectivity index (χ1) is 7.46. The third kappa shape index (κ3) is 1.80. The zero-order valence-corrected chi connectivity index (χ0v) is 9.92. The van der Waals surface area contributed by atoms with Crippen LogP contribution in [-0.2, 0) is 10.2 Å². The molecule has 1 aromatic rings. The number of aromatic hydroxyl groups is 1. The zero-order chi connectivity index (χ0) is 11.9. The second-order valence-corrected chi connectivity index (χ2v) is 4.96. The number of phenolic OH excluding ortho intramolecular Hbond substituents is 1. The standard InChI is InChI=1S/C11H10BrFO3/c12-6-1-2-7(14)9(10(6)13)11(3-4-11)5-8(15)16/h1-2,14H,3-5H2,(H,15,16). The molecule has 5 heteroatoms. The van der Waals surface area contributed by atoms with Crippen LogP contribution in [0.15, 0.2) is 16.6 Å². The summed E-state index contributed by atoms with van der Waals surface area (Å²) in [5.41, 5.74) is -0.590. The van der Waals surface area contributed by atoms with Crippen molar-refractivity contribution in [2.45, 2.75) is 24.7 Å². The number of halogens is 2. The van der Waals surface area contributed by atoms with Crippen LogP contribution in [0.2, 0.25) is 0 Å². The van der Waals surface area contributed by atoms with E-state index in [0.717, 1.165) is 0 Å². The van der Waals surface area contributed by atoms with Crippen LogP contribution < -0.4 is 0 Å². The Morgan fingerprint density at radius 3 is 2.62 bits per heavy atom. The fourth-order valence-electron chi connectivity index (χ4n) is 2.00. The third-order valence-electron chi connectivity index (χ3n) is 2.95. The Bertz CT molecular complexity index is 455. The average Bonchev–Trinajstić information content (AvgIpc) is 2.92. The first kappa shape index (κ1) is 11.4. The summed E-state index contributed by atoms with van der Waals surface area (Å²) in [5.74, 6) is -1.70. The van der Waals surface area contributed by atoms with Crippen LogP contribution in [-0.4, -0.2) is 16.2 Å². The Morgan fingerprint density at radius 1 is 1.50 bits per heavy atom. The Kier molecular flexibility index (Phi) is 2.66. The van der Waals surface area contributed by atoms with E-state index < -0.39 is 17.2 Å². The molecule has 0 aliphatic heterocycles. The molecule has 1 aromatic carbocycles. The van der Waals surface area contributed by atoms with Crippen molar-refractivity contribution >= 4 is 21.9 Å². The van der Waals surface area contributed by atoms with Gasteiger partial charge >= 0.3 is 5.97 Å². The van der Waals surface area contributed by atoms with E-state index >= 15 is 0 Å². The first-order valence-electron chi connectivity index (χ1n) is 4.85. The van der Waals surface area contributed by atoms with Gasteiger partial charge in [-0.25, -0.2) is 4.39 Å². The maximum Gasteiger partial charge on any atom is 0.304 e. The highest BCUT2D eigenvalue weighted by atomic mass is 79.9. The number of benzene rings is 1. The fraction of sp³-hybridized carbons (Fsp3) is 0.364. The SMILES string of the molecule is O=C(O)CC1(c2c(O)ccc(Br)c2F)CC1. The molecule has 1 saturated carbocycles. The lowest BCUT2D eigenvalue weighted by molar-refractivity contribution is -0.137. The van der Waals surface area contributed by atoms with E-state index in [1.54, 1.807) is 0 Å². The lowest BCUT2D eigenvalue weighted by atomic mass is 9.91. The van der Waals surface area contributed by atoms with Gasteiger partial charge in [0.05, 0.1) is 10.9 Å². The number of rotatable bonds is 3. The molecule has 1 fully saturated rings. The van der Waals surface area contributed by atoms with Crippen LogP contribution in [0.1, 0.15) is 24.8 Å². The van der Waals surface area contributed by atoms with Crippen LogP contribution in [0.3, 0.4) is 0 Å². The topological polar surface area (TPSA) is 57.5 Å². The van der Waals surface area contributed by atoms with E-state index in [4.69, 9.17) is 5.11 Å². The van der Waals surface area contributed by atoms with E-state index in [0.29, 0.717) is 12.8 Å². The normalized spacial score (nSPS) is 17.1. The van der Waals surface area contributed by atoms with Gasteiger partial charge in [-0.2, -0.15) is 0 Å². The van der Waals surface area contributed by atoms with Crippen molar-refractivity contribution in [2.75, 3.05) is 0 Å². The molecule has 0 spiro atoms. The van der Waals surface area contributed by atoms with Gasteiger partial charge in [0.1, 0.15) is 11.6 Å². The molecule has 16 heavy (non-hydrogen) atoms. The molecule has 0 heterocycles. The quantitative estimate of drug-likeness (QED) is 0.899. The van der Waals surface area contributed by atoms with E-state index in [9.17, 15) is 14.3 Å². The van der Waals surface area contributed by atoms with E-state index in [2.05, 4.69) is 15.9 Å². The van der Waals surface area contributed by atoms with Crippen LogP contribution in [0, 0.1) is 5.82 Å². The van der Waals surface area contributed by atoms with Crippen LogP contribution >= 0.6 is 15.9 Å². The van der Waals surface area contributed by atoms with Crippen molar-refractivity contribution in [3.63, 3.8) is 0 Å². The highest BCUT2D eigenvalue weighted by molar-refractivity contribution is 9.10. The minimum absolute atomic E-state index is 0.129. The number of aliphatic carboxylic acids is 1. The minimum atomic E-state index is -0.976. The van der Waals surface area contributed by atoms with Gasteiger partial charge in [-0.05, 0) is 40.9 Å². The molecule has 86 valence electrons. The van der Waals surface area contributed by atoms with Crippen molar-refractivity contribution in [2.24, 2.45) is 0 Å². The summed E-state index contributed by atoms with van der Waals surface area (Å²) in [6.45, 7) is 0. The van der Waals surface area contributed by atoms with Crippen LogP contribution in [0.25, 0.3) is 0 Å². The lowest BCUT2D eigenvalue weighted by Gasteiger charge is -2.16. The first-order valence-corrected chi connectivity index (χ1v) is 5.65. The summed E-state index contributed by atoms with van der Waals surface area (Å²) in [7, 11) is 0. The van der Waals surface area contributed by atoms with Crippen molar-refractivity contribution < 1.29 is 19.4 Å². The molecule has 0 unspecified atom stereocenters. The maximum atomic E-state index is 13.8. The Morgan fingerprint density at radius 2 is 2.12 bits per heavy atom. The lowest BCUT2D eigenvalue weighted by Crippen LogP contribution is -2.15. The number of carboxylic acid groups (broad SMARTS) is 1. The largest absolute Gasteiger partial charge is 0.508 e. The highest BCUT2D eigenvalue weighted by Crippen LogP contribution is 2.55. The van der Waals surface area contributed by atoms with Gasteiger partial charge in [-0.3, -0.25) is 4.79 Å². The van der Waals surface area contributed by atoms with Gasteiger partial charge in [0.2, 0.25) is 0 Å². The van der Waals surface area contributed by atoms with E-state index in [1.807, 2.05) is 0 Å². The molecular weight excluding hydrogens is 279 g/mol. The van der Waals surface area contributed by atoms with Gasteiger partial charge in [0.25, 0.3) is 0 Å². The summed E-state index contributed by atoms with van der Waals surface area (Å²) >= 11 is 3.03. The number of carboxylic acids is 1. The number of hydrogen-bond acceptors (Lipinski definition) is 2. The van der Waals surface area contributed by atoms with Gasteiger partial charge in [0, 0.05) is 11.0 Å². The summed E-state index contributed by atoms with van der Waals surface area (Å²) in [4.78, 5) is 10.7.